The van der Waals surface area contributed by atoms with E-state index in [2.05, 4.69) is 22.0 Å². The van der Waals surface area contributed by atoms with Gasteiger partial charge >= 0.3 is 0 Å². The molecule has 0 spiro atoms. The zero-order chi connectivity index (χ0) is 11.7. The first-order valence-corrected chi connectivity index (χ1v) is 7.06. The molecule has 4 heteroatoms. The minimum atomic E-state index is 0.120. The van der Waals surface area contributed by atoms with Gasteiger partial charge in [0, 0.05) is 45.3 Å². The number of fused-ring (bicyclic) bond motifs is 1. The fourth-order valence-electron chi connectivity index (χ4n) is 3.26. The summed E-state index contributed by atoms with van der Waals surface area (Å²) in [6, 6.07) is 0.838. The Kier molecular flexibility index (Phi) is 3.39. The van der Waals surface area contributed by atoms with Gasteiger partial charge in [-0.2, -0.15) is 0 Å². The van der Waals surface area contributed by atoms with Crippen molar-refractivity contribution in [3.8, 4) is 0 Å². The molecule has 17 heavy (non-hydrogen) atoms. The first-order chi connectivity index (χ1) is 8.25. The van der Waals surface area contributed by atoms with Crippen molar-refractivity contribution in [3.05, 3.63) is 0 Å². The van der Waals surface area contributed by atoms with E-state index in [1.807, 2.05) is 0 Å². The highest BCUT2D eigenvalue weighted by Gasteiger charge is 2.33. The van der Waals surface area contributed by atoms with E-state index >= 15 is 0 Å². The Labute approximate surface area is 104 Å². The third kappa shape index (κ3) is 2.65. The van der Waals surface area contributed by atoms with Gasteiger partial charge in [-0.1, -0.05) is 0 Å². The van der Waals surface area contributed by atoms with E-state index in [-0.39, 0.29) is 5.60 Å². The predicted octanol–water partition coefficient (Wildman–Crippen LogP) is 0.145. The highest BCUT2D eigenvalue weighted by atomic mass is 16.5. The number of piperazine rings is 1. The third-order valence-electron chi connectivity index (χ3n) is 4.53. The van der Waals surface area contributed by atoms with E-state index < -0.39 is 0 Å². The average molecular weight is 239 g/mol. The number of ether oxygens (including phenoxy) is 1. The monoisotopic (exact) mass is 239 g/mol. The second-order valence-electron chi connectivity index (χ2n) is 6.03. The van der Waals surface area contributed by atoms with Crippen molar-refractivity contribution in [2.45, 2.75) is 31.4 Å². The van der Waals surface area contributed by atoms with E-state index in [1.54, 1.807) is 0 Å². The average Bonchev–Trinajstić information content (AvgIpc) is 2.74. The van der Waals surface area contributed by atoms with Gasteiger partial charge in [0.2, 0.25) is 0 Å². The highest BCUT2D eigenvalue weighted by Crippen LogP contribution is 2.21. The Morgan fingerprint density at radius 1 is 1.29 bits per heavy atom. The summed E-state index contributed by atoms with van der Waals surface area (Å²) in [6.45, 7) is 11.3. The lowest BCUT2D eigenvalue weighted by atomic mass is 10.0. The molecule has 4 nitrogen and oxygen atoms in total. The minimum absolute atomic E-state index is 0.120. The Morgan fingerprint density at radius 3 is 2.94 bits per heavy atom. The van der Waals surface area contributed by atoms with Gasteiger partial charge < -0.3 is 10.1 Å². The quantitative estimate of drug-likeness (QED) is 0.755. The third-order valence-corrected chi connectivity index (χ3v) is 4.53. The van der Waals surface area contributed by atoms with Crippen LogP contribution in [0, 0.1) is 0 Å². The van der Waals surface area contributed by atoms with Gasteiger partial charge in [-0.25, -0.2) is 0 Å². The van der Waals surface area contributed by atoms with Crippen molar-refractivity contribution >= 4 is 0 Å². The van der Waals surface area contributed by atoms with E-state index in [1.165, 1.54) is 39.0 Å². The van der Waals surface area contributed by atoms with Crippen LogP contribution in [0.15, 0.2) is 0 Å². The number of hydrogen-bond acceptors (Lipinski definition) is 4. The fraction of sp³-hybridized carbons (Fsp3) is 1.00. The molecule has 1 N–H and O–H groups in total. The van der Waals surface area contributed by atoms with Gasteiger partial charge in [-0.3, -0.25) is 9.80 Å². The molecule has 0 aromatic heterocycles. The molecule has 0 bridgehead atoms. The van der Waals surface area contributed by atoms with Crippen LogP contribution in [0.4, 0.5) is 0 Å². The van der Waals surface area contributed by atoms with E-state index in [4.69, 9.17) is 4.74 Å². The normalized spacial score (nSPS) is 33.4. The fourth-order valence-corrected chi connectivity index (χ4v) is 3.26. The molecule has 3 heterocycles. The summed E-state index contributed by atoms with van der Waals surface area (Å²) in [5.41, 5.74) is 0.120. The maximum absolute atomic E-state index is 5.96. The van der Waals surface area contributed by atoms with E-state index in [0.29, 0.717) is 0 Å². The Hall–Kier alpha value is -0.160. The maximum atomic E-state index is 5.96. The van der Waals surface area contributed by atoms with Gasteiger partial charge in [0.1, 0.15) is 0 Å². The molecule has 3 fully saturated rings. The first kappa shape index (κ1) is 11.9. The SMILES string of the molecule is CC1(OCCN2CCN3CCCC3C2)CNC1. The Balaban J connectivity index is 1.38. The molecule has 0 radical (unpaired) electrons. The maximum Gasteiger partial charge on any atom is 0.0902 e. The number of hydrogen-bond donors (Lipinski definition) is 1. The Bertz CT molecular complexity index is 267. The second-order valence-corrected chi connectivity index (χ2v) is 6.03. The van der Waals surface area contributed by atoms with Crippen molar-refractivity contribution in [1.29, 1.82) is 0 Å². The van der Waals surface area contributed by atoms with Crippen LogP contribution in [0.5, 0.6) is 0 Å². The number of nitrogens with zero attached hydrogens (tertiary/aromatic N) is 2. The number of rotatable bonds is 4. The molecule has 3 rings (SSSR count). The van der Waals surface area contributed by atoms with Crippen LogP contribution >= 0.6 is 0 Å². The molecular formula is C13H25N3O. The smallest absolute Gasteiger partial charge is 0.0902 e. The standard InChI is InChI=1S/C13H25N3O/c1-13(10-14-11-13)17-8-7-15-5-6-16-4-2-3-12(16)9-15/h12,14H,2-11H2,1H3. The minimum Gasteiger partial charge on any atom is -0.371 e. The summed E-state index contributed by atoms with van der Waals surface area (Å²) >= 11 is 0. The summed E-state index contributed by atoms with van der Waals surface area (Å²) in [7, 11) is 0. The molecule has 3 aliphatic heterocycles. The summed E-state index contributed by atoms with van der Waals surface area (Å²) in [6.07, 6.45) is 2.80. The lowest BCUT2D eigenvalue weighted by Gasteiger charge is -2.41. The van der Waals surface area contributed by atoms with Crippen LogP contribution in [0.25, 0.3) is 0 Å². The van der Waals surface area contributed by atoms with Crippen molar-refractivity contribution < 1.29 is 4.74 Å². The molecule has 0 aromatic carbocycles. The van der Waals surface area contributed by atoms with Gasteiger partial charge in [-0.05, 0) is 26.3 Å². The van der Waals surface area contributed by atoms with Gasteiger partial charge in [-0.15, -0.1) is 0 Å². The summed E-state index contributed by atoms with van der Waals surface area (Å²) in [4.78, 5) is 5.25. The molecule has 0 amide bonds. The predicted molar refractivity (Wildman–Crippen MR) is 68.3 cm³/mol. The van der Waals surface area contributed by atoms with E-state index in [9.17, 15) is 0 Å². The lowest BCUT2D eigenvalue weighted by molar-refractivity contribution is -0.0750. The number of nitrogens with one attached hydrogen (secondary N) is 1. The zero-order valence-corrected chi connectivity index (χ0v) is 11.0. The molecule has 1 atom stereocenters. The first-order valence-electron chi connectivity index (χ1n) is 7.06. The molecule has 1 unspecified atom stereocenters. The van der Waals surface area contributed by atoms with Crippen LogP contribution in [-0.4, -0.2) is 73.9 Å². The van der Waals surface area contributed by atoms with Crippen LogP contribution in [0.1, 0.15) is 19.8 Å². The summed E-state index contributed by atoms with van der Waals surface area (Å²) < 4.78 is 5.96. The molecular weight excluding hydrogens is 214 g/mol. The zero-order valence-electron chi connectivity index (χ0n) is 11.0. The second kappa shape index (κ2) is 4.84. The molecule has 0 aromatic rings. The van der Waals surface area contributed by atoms with Crippen LogP contribution < -0.4 is 5.32 Å². The van der Waals surface area contributed by atoms with Crippen LogP contribution in [0.2, 0.25) is 0 Å². The summed E-state index contributed by atoms with van der Waals surface area (Å²) in [5.74, 6) is 0. The van der Waals surface area contributed by atoms with Crippen molar-refractivity contribution in [3.63, 3.8) is 0 Å². The van der Waals surface area contributed by atoms with Gasteiger partial charge in [0.05, 0.1) is 12.2 Å². The van der Waals surface area contributed by atoms with Crippen molar-refractivity contribution in [2.24, 2.45) is 0 Å². The van der Waals surface area contributed by atoms with Crippen LogP contribution in [0.3, 0.4) is 0 Å². The summed E-state index contributed by atoms with van der Waals surface area (Å²) in [5, 5.41) is 3.28. The molecule has 0 saturated carbocycles. The topological polar surface area (TPSA) is 27.7 Å². The molecule has 98 valence electrons. The molecule has 3 aliphatic rings. The largest absolute Gasteiger partial charge is 0.371 e. The Morgan fingerprint density at radius 2 is 2.18 bits per heavy atom. The van der Waals surface area contributed by atoms with Crippen LogP contribution in [-0.2, 0) is 4.74 Å². The van der Waals surface area contributed by atoms with Crippen molar-refractivity contribution in [2.75, 3.05) is 52.4 Å². The molecule has 3 saturated heterocycles. The van der Waals surface area contributed by atoms with Gasteiger partial charge in [0.25, 0.3) is 0 Å². The van der Waals surface area contributed by atoms with E-state index in [0.717, 1.165) is 32.3 Å². The van der Waals surface area contributed by atoms with Crippen molar-refractivity contribution in [1.82, 2.24) is 15.1 Å². The lowest BCUT2D eigenvalue weighted by Crippen LogP contribution is -2.59. The van der Waals surface area contributed by atoms with Gasteiger partial charge in [0.15, 0.2) is 0 Å². The highest BCUT2D eigenvalue weighted by molar-refractivity contribution is 4.90. The molecule has 0 aliphatic carbocycles.